The van der Waals surface area contributed by atoms with Gasteiger partial charge in [0.2, 0.25) is 0 Å². The molecule has 3 saturated carbocycles. The van der Waals surface area contributed by atoms with Crippen LogP contribution in [-0.4, -0.2) is 22.9 Å². The highest BCUT2D eigenvalue weighted by Gasteiger charge is 2.73. The summed E-state index contributed by atoms with van der Waals surface area (Å²) in [4.78, 5) is 0. The number of hydrogen-bond donors (Lipinski definition) is 1. The Labute approximate surface area is 185 Å². The first-order valence-corrected chi connectivity index (χ1v) is 13.2. The van der Waals surface area contributed by atoms with E-state index in [4.69, 9.17) is 4.74 Å². The number of ether oxygens (including phenoxy) is 1. The summed E-state index contributed by atoms with van der Waals surface area (Å²) < 4.78 is 6.44. The molecule has 170 valence electrons. The van der Waals surface area contributed by atoms with Gasteiger partial charge < -0.3 is 9.84 Å². The second kappa shape index (κ2) is 7.08. The van der Waals surface area contributed by atoms with Crippen LogP contribution >= 0.6 is 0 Å². The summed E-state index contributed by atoms with van der Waals surface area (Å²) in [5.41, 5.74) is 2.48. The minimum absolute atomic E-state index is 0.0368. The molecule has 5 rings (SSSR count). The fraction of sp³-hybridized carbons (Fsp3) is 0.929. The van der Waals surface area contributed by atoms with Crippen LogP contribution in [0.25, 0.3) is 0 Å². The van der Waals surface area contributed by atoms with E-state index in [1.807, 2.05) is 0 Å². The third-order valence-corrected chi connectivity index (χ3v) is 11.4. The van der Waals surface area contributed by atoms with E-state index in [1.54, 1.807) is 5.57 Å². The molecule has 0 aromatic carbocycles. The molecule has 4 fully saturated rings. The van der Waals surface area contributed by atoms with Crippen LogP contribution in [0.3, 0.4) is 0 Å². The highest BCUT2D eigenvalue weighted by atomic mass is 16.6. The van der Waals surface area contributed by atoms with Gasteiger partial charge in [0, 0.05) is 11.8 Å². The molecule has 30 heavy (non-hydrogen) atoms. The van der Waals surface area contributed by atoms with E-state index in [0.29, 0.717) is 11.3 Å². The molecule has 1 saturated heterocycles. The van der Waals surface area contributed by atoms with Crippen molar-refractivity contribution in [2.45, 2.75) is 117 Å². The number of epoxide rings is 1. The smallest absolute Gasteiger partial charge is 0.107 e. The van der Waals surface area contributed by atoms with E-state index < -0.39 is 0 Å². The van der Waals surface area contributed by atoms with Crippen LogP contribution in [0.5, 0.6) is 0 Å². The lowest BCUT2D eigenvalue weighted by atomic mass is 9.47. The summed E-state index contributed by atoms with van der Waals surface area (Å²) in [6, 6.07) is 0. The molecule has 4 aliphatic carbocycles. The SMILES string of the molecule is CC(C)[C@H](C)CC[C@@H](C)[C@H]1CC[C@H]2C3=C[C@@H]4O[C@@]45C[C@@H](O)CC[C@]5(C)[C@H]3CC[C@]12C. The van der Waals surface area contributed by atoms with Gasteiger partial charge in [0.1, 0.15) is 11.7 Å². The zero-order chi connectivity index (χ0) is 21.5. The van der Waals surface area contributed by atoms with Gasteiger partial charge in [-0.05, 0) is 79.4 Å². The van der Waals surface area contributed by atoms with Crippen molar-refractivity contribution in [2.24, 2.45) is 46.3 Å². The normalized spacial score (nSPS) is 51.3. The number of rotatable bonds is 5. The molecule has 1 spiro atoms. The molecule has 0 aromatic heterocycles. The van der Waals surface area contributed by atoms with E-state index >= 15 is 0 Å². The van der Waals surface area contributed by atoms with Crippen LogP contribution in [0.2, 0.25) is 0 Å². The molecule has 1 N–H and O–H groups in total. The second-order valence-electron chi connectivity index (χ2n) is 13.0. The molecule has 1 aliphatic heterocycles. The average Bonchev–Trinajstić information content (AvgIpc) is 3.27. The van der Waals surface area contributed by atoms with Gasteiger partial charge in [-0.2, -0.15) is 0 Å². The first kappa shape index (κ1) is 21.5. The van der Waals surface area contributed by atoms with Crippen LogP contribution < -0.4 is 0 Å². The summed E-state index contributed by atoms with van der Waals surface area (Å²) in [5, 5.41) is 10.4. The Morgan fingerprint density at radius 2 is 1.77 bits per heavy atom. The van der Waals surface area contributed by atoms with Crippen LogP contribution in [0.4, 0.5) is 0 Å². The number of fused-ring (bicyclic) bond motifs is 4. The van der Waals surface area contributed by atoms with Crippen molar-refractivity contribution in [2.75, 3.05) is 0 Å². The number of hydrogen-bond acceptors (Lipinski definition) is 2. The third-order valence-electron chi connectivity index (χ3n) is 11.4. The highest BCUT2D eigenvalue weighted by Crippen LogP contribution is 2.72. The zero-order valence-corrected chi connectivity index (χ0v) is 20.4. The van der Waals surface area contributed by atoms with Crippen molar-refractivity contribution in [3.63, 3.8) is 0 Å². The largest absolute Gasteiger partial charge is 0.393 e. The first-order chi connectivity index (χ1) is 14.1. The molecule has 0 amide bonds. The van der Waals surface area contributed by atoms with Crippen molar-refractivity contribution in [3.05, 3.63) is 11.6 Å². The zero-order valence-electron chi connectivity index (χ0n) is 20.4. The van der Waals surface area contributed by atoms with Crippen molar-refractivity contribution in [1.82, 2.24) is 0 Å². The van der Waals surface area contributed by atoms with Crippen LogP contribution in [0.1, 0.15) is 99.3 Å². The van der Waals surface area contributed by atoms with Crippen molar-refractivity contribution in [1.29, 1.82) is 0 Å². The fourth-order valence-corrected chi connectivity index (χ4v) is 8.94. The van der Waals surface area contributed by atoms with Gasteiger partial charge in [-0.1, -0.05) is 66.0 Å². The molecule has 0 radical (unpaired) electrons. The van der Waals surface area contributed by atoms with Gasteiger partial charge in [-0.15, -0.1) is 0 Å². The Kier molecular flexibility index (Phi) is 5.07. The first-order valence-electron chi connectivity index (χ1n) is 13.2. The minimum Gasteiger partial charge on any atom is -0.393 e. The molecule has 1 heterocycles. The molecule has 0 aromatic rings. The molecule has 0 unspecified atom stereocenters. The maximum atomic E-state index is 10.4. The predicted molar refractivity (Wildman–Crippen MR) is 123 cm³/mol. The lowest BCUT2D eigenvalue weighted by Gasteiger charge is -2.56. The van der Waals surface area contributed by atoms with E-state index in [-0.39, 0.29) is 23.2 Å². The van der Waals surface area contributed by atoms with Crippen molar-refractivity contribution >= 4 is 0 Å². The van der Waals surface area contributed by atoms with Gasteiger partial charge in [-0.3, -0.25) is 0 Å². The quantitative estimate of drug-likeness (QED) is 0.398. The van der Waals surface area contributed by atoms with Gasteiger partial charge in [0.05, 0.1) is 6.10 Å². The Balaban J connectivity index is 1.36. The second-order valence-corrected chi connectivity index (χ2v) is 13.0. The third kappa shape index (κ3) is 2.88. The monoisotopic (exact) mass is 414 g/mol. The Bertz CT molecular complexity index is 711. The minimum atomic E-state index is -0.156. The van der Waals surface area contributed by atoms with Crippen molar-refractivity contribution < 1.29 is 9.84 Å². The maximum Gasteiger partial charge on any atom is 0.107 e. The molecule has 5 aliphatic rings. The van der Waals surface area contributed by atoms with E-state index in [1.165, 1.54) is 38.5 Å². The summed E-state index contributed by atoms with van der Waals surface area (Å²) >= 11 is 0. The van der Waals surface area contributed by atoms with Crippen molar-refractivity contribution in [3.8, 4) is 0 Å². The summed E-state index contributed by atoms with van der Waals surface area (Å²) in [7, 11) is 0. The Morgan fingerprint density at radius 3 is 2.50 bits per heavy atom. The molecule has 10 atom stereocenters. The van der Waals surface area contributed by atoms with Crippen LogP contribution in [0.15, 0.2) is 11.6 Å². The topological polar surface area (TPSA) is 32.8 Å². The Morgan fingerprint density at radius 1 is 1.00 bits per heavy atom. The molecule has 0 bridgehead atoms. The van der Waals surface area contributed by atoms with E-state index in [2.05, 4.69) is 47.6 Å². The maximum absolute atomic E-state index is 10.4. The molecule has 2 heteroatoms. The lowest BCUT2D eigenvalue weighted by molar-refractivity contribution is -0.0537. The van der Waals surface area contributed by atoms with E-state index in [0.717, 1.165) is 48.9 Å². The number of aliphatic hydroxyl groups is 1. The fourth-order valence-electron chi connectivity index (χ4n) is 8.94. The molecular weight excluding hydrogens is 368 g/mol. The summed E-state index contributed by atoms with van der Waals surface area (Å²) in [6.07, 6.45) is 14.0. The van der Waals surface area contributed by atoms with Gasteiger partial charge >= 0.3 is 0 Å². The Hall–Kier alpha value is -0.340. The predicted octanol–water partition coefficient (Wildman–Crippen LogP) is 6.77. The van der Waals surface area contributed by atoms with E-state index in [9.17, 15) is 5.11 Å². The summed E-state index contributed by atoms with van der Waals surface area (Å²) in [6.45, 7) is 14.9. The standard InChI is InChI=1S/C28H46O2/c1-17(2)18(3)7-8-19(4)22-9-10-23-21-15-25-28(30-25)16-20(29)11-14-27(28,6)24(21)12-13-26(22,23)5/h15,17-20,22-25,29H,7-14,16H2,1-6H3/t18-,19-,20+,22-,23+,24+,25+,26-,27-,28+/m1/s1. The van der Waals surface area contributed by atoms with Gasteiger partial charge in [0.15, 0.2) is 0 Å². The molecule has 2 nitrogen and oxygen atoms in total. The van der Waals surface area contributed by atoms with Crippen LogP contribution in [0, 0.1) is 46.3 Å². The van der Waals surface area contributed by atoms with Gasteiger partial charge in [0.25, 0.3) is 0 Å². The summed E-state index contributed by atoms with van der Waals surface area (Å²) in [5.74, 6) is 4.85. The average molecular weight is 415 g/mol. The van der Waals surface area contributed by atoms with Gasteiger partial charge in [-0.25, -0.2) is 0 Å². The number of aliphatic hydroxyl groups excluding tert-OH is 1. The molecular formula is C28H46O2. The highest BCUT2D eigenvalue weighted by molar-refractivity contribution is 5.38. The van der Waals surface area contributed by atoms with Crippen LogP contribution in [-0.2, 0) is 4.74 Å². The lowest BCUT2D eigenvalue weighted by Crippen LogP contribution is -2.55. The number of allylic oxidation sites excluding steroid dienone is 1.